The molecule has 0 bridgehead atoms. The SMILES string of the molecule is CC(=O)Oc1ccc(COP(=O)(O)COCCOn2cnc3c(N)ncnc32)cc1. The molecule has 0 radical (unpaired) electrons. The first kappa shape index (κ1) is 21.7. The maximum absolute atomic E-state index is 12.1. The molecule has 0 amide bonds. The van der Waals surface area contributed by atoms with Crippen molar-refractivity contribution in [1.82, 2.24) is 19.7 Å². The molecule has 1 unspecified atom stereocenters. The molecule has 0 saturated heterocycles. The topological polar surface area (TPSA) is 161 Å². The maximum Gasteiger partial charge on any atom is 0.353 e. The lowest BCUT2D eigenvalue weighted by Crippen LogP contribution is -2.17. The van der Waals surface area contributed by atoms with Crippen molar-refractivity contribution in [2.75, 3.05) is 25.3 Å². The van der Waals surface area contributed by atoms with Crippen molar-refractivity contribution in [1.29, 1.82) is 0 Å². The molecule has 0 aliphatic carbocycles. The van der Waals surface area contributed by atoms with E-state index >= 15 is 0 Å². The van der Waals surface area contributed by atoms with Crippen molar-refractivity contribution in [3.63, 3.8) is 0 Å². The van der Waals surface area contributed by atoms with Crippen LogP contribution < -0.4 is 15.3 Å². The van der Waals surface area contributed by atoms with Crippen LogP contribution in [0.2, 0.25) is 0 Å². The fourth-order valence-corrected chi connectivity index (χ4v) is 3.12. The fourth-order valence-electron chi connectivity index (χ4n) is 2.33. The van der Waals surface area contributed by atoms with Gasteiger partial charge in [0.2, 0.25) is 5.65 Å². The minimum absolute atomic E-state index is 0.0330. The third kappa shape index (κ3) is 5.97. The summed E-state index contributed by atoms with van der Waals surface area (Å²) >= 11 is 0. The number of hydrogen-bond donors (Lipinski definition) is 2. The molecule has 0 fully saturated rings. The summed E-state index contributed by atoms with van der Waals surface area (Å²) in [5.41, 5.74) is 7.14. The molecule has 12 nitrogen and oxygen atoms in total. The first-order chi connectivity index (χ1) is 14.3. The second-order valence-corrected chi connectivity index (χ2v) is 7.81. The smallest absolute Gasteiger partial charge is 0.353 e. The van der Waals surface area contributed by atoms with Gasteiger partial charge in [0.15, 0.2) is 11.3 Å². The largest absolute Gasteiger partial charge is 0.427 e. The van der Waals surface area contributed by atoms with E-state index in [1.807, 2.05) is 0 Å². The molecule has 0 aliphatic rings. The molecule has 13 heteroatoms. The van der Waals surface area contributed by atoms with E-state index in [0.29, 0.717) is 22.5 Å². The van der Waals surface area contributed by atoms with Gasteiger partial charge in [0.1, 0.15) is 31.4 Å². The minimum atomic E-state index is -3.96. The number of benzene rings is 1. The number of hydrogen-bond acceptors (Lipinski definition) is 10. The molecule has 3 rings (SSSR count). The number of carbonyl (C=O) groups is 1. The number of carbonyl (C=O) groups excluding carboxylic acids is 1. The van der Waals surface area contributed by atoms with E-state index in [9.17, 15) is 14.3 Å². The number of fused-ring (bicyclic) bond motifs is 1. The van der Waals surface area contributed by atoms with E-state index < -0.39 is 19.9 Å². The predicted molar refractivity (Wildman–Crippen MR) is 104 cm³/mol. The number of imidazole rings is 1. The van der Waals surface area contributed by atoms with E-state index in [1.165, 1.54) is 24.3 Å². The number of nitrogen functional groups attached to an aromatic ring is 1. The molecule has 0 aliphatic heterocycles. The lowest BCUT2D eigenvalue weighted by Gasteiger charge is -2.13. The second kappa shape index (κ2) is 9.63. The van der Waals surface area contributed by atoms with Crippen LogP contribution in [0.5, 0.6) is 5.75 Å². The first-order valence-electron chi connectivity index (χ1n) is 8.72. The summed E-state index contributed by atoms with van der Waals surface area (Å²) in [6, 6.07) is 6.38. The van der Waals surface area contributed by atoms with E-state index in [2.05, 4.69) is 15.0 Å². The van der Waals surface area contributed by atoms with Gasteiger partial charge >= 0.3 is 13.6 Å². The van der Waals surface area contributed by atoms with Gasteiger partial charge in [-0.15, -0.1) is 0 Å². The Labute approximate surface area is 171 Å². The number of rotatable bonds is 10. The Morgan fingerprint density at radius 3 is 2.70 bits per heavy atom. The third-order valence-electron chi connectivity index (χ3n) is 3.66. The van der Waals surface area contributed by atoms with Crippen molar-refractivity contribution in [2.45, 2.75) is 13.5 Å². The summed E-state index contributed by atoms with van der Waals surface area (Å²) in [7, 11) is -3.96. The molecule has 1 atom stereocenters. The quantitative estimate of drug-likeness (QED) is 0.202. The van der Waals surface area contributed by atoms with Crippen LogP contribution in [0.25, 0.3) is 11.2 Å². The van der Waals surface area contributed by atoms with Crippen molar-refractivity contribution in [3.8, 4) is 5.75 Å². The van der Waals surface area contributed by atoms with Crippen molar-refractivity contribution in [3.05, 3.63) is 42.5 Å². The third-order valence-corrected chi connectivity index (χ3v) is 4.70. The van der Waals surface area contributed by atoms with E-state index in [-0.39, 0.29) is 25.6 Å². The molecule has 3 aromatic rings. The maximum atomic E-state index is 12.1. The normalized spacial score (nSPS) is 13.1. The molecule has 1 aromatic carbocycles. The van der Waals surface area contributed by atoms with Crippen LogP contribution in [0.3, 0.4) is 0 Å². The zero-order chi connectivity index (χ0) is 21.6. The highest BCUT2D eigenvalue weighted by Crippen LogP contribution is 2.42. The standard InChI is InChI=1S/C17H20N5O7P/c1-12(23)29-14-4-2-13(3-5-14)8-28-30(24,25)11-26-6-7-27-22-10-21-15-16(18)19-9-20-17(15)22/h2-5,9-10H,6-8,11H2,1H3,(H,24,25)(H2,18,19,20). The lowest BCUT2D eigenvalue weighted by molar-refractivity contribution is -0.131. The van der Waals surface area contributed by atoms with Gasteiger partial charge in [0.05, 0.1) is 13.2 Å². The van der Waals surface area contributed by atoms with Crippen LogP contribution in [0.1, 0.15) is 12.5 Å². The van der Waals surface area contributed by atoms with Crippen LogP contribution in [-0.4, -0.2) is 50.1 Å². The number of aromatic nitrogens is 4. The van der Waals surface area contributed by atoms with Crippen LogP contribution in [-0.2, 0) is 25.2 Å². The van der Waals surface area contributed by atoms with Crippen molar-refractivity contribution < 1.29 is 33.1 Å². The number of nitrogens with two attached hydrogens (primary N) is 1. The highest BCUT2D eigenvalue weighted by atomic mass is 31.2. The molecular formula is C17H20N5O7P. The average molecular weight is 437 g/mol. The van der Waals surface area contributed by atoms with Crippen molar-refractivity contribution >= 4 is 30.5 Å². The molecule has 30 heavy (non-hydrogen) atoms. The van der Waals surface area contributed by atoms with Gasteiger partial charge in [0, 0.05) is 6.92 Å². The number of esters is 1. The Hall–Kier alpha value is -3.05. The van der Waals surface area contributed by atoms with Gasteiger partial charge in [0.25, 0.3) is 0 Å². The van der Waals surface area contributed by atoms with Gasteiger partial charge in [-0.1, -0.05) is 12.1 Å². The highest BCUT2D eigenvalue weighted by Gasteiger charge is 2.20. The van der Waals surface area contributed by atoms with E-state index in [0.717, 1.165) is 0 Å². The molecule has 0 saturated carbocycles. The molecule has 160 valence electrons. The van der Waals surface area contributed by atoms with Gasteiger partial charge in [-0.05, 0) is 17.7 Å². The molecule has 0 spiro atoms. The van der Waals surface area contributed by atoms with Crippen LogP contribution in [0, 0.1) is 0 Å². The van der Waals surface area contributed by atoms with Crippen molar-refractivity contribution in [2.24, 2.45) is 0 Å². The Bertz CT molecular complexity index is 1060. The summed E-state index contributed by atoms with van der Waals surface area (Å²) in [5, 5.41) is 0. The number of anilines is 1. The zero-order valence-corrected chi connectivity index (χ0v) is 16.9. The Morgan fingerprint density at radius 1 is 1.20 bits per heavy atom. The van der Waals surface area contributed by atoms with Gasteiger partial charge in [-0.25, -0.2) is 15.0 Å². The van der Waals surface area contributed by atoms with Gasteiger partial charge < -0.3 is 29.5 Å². The summed E-state index contributed by atoms with van der Waals surface area (Å²) in [6.07, 6.45) is 2.18. The average Bonchev–Trinajstić information content (AvgIpc) is 3.11. The Balaban J connectivity index is 1.39. The lowest BCUT2D eigenvalue weighted by atomic mass is 10.2. The van der Waals surface area contributed by atoms with Gasteiger partial charge in [-0.3, -0.25) is 9.36 Å². The second-order valence-electron chi connectivity index (χ2n) is 6.02. The zero-order valence-electron chi connectivity index (χ0n) is 16.0. The van der Waals surface area contributed by atoms with Crippen LogP contribution >= 0.6 is 7.60 Å². The van der Waals surface area contributed by atoms with Crippen LogP contribution in [0.4, 0.5) is 5.82 Å². The van der Waals surface area contributed by atoms with E-state index in [4.69, 9.17) is 24.6 Å². The Kier molecular flexibility index (Phi) is 6.95. The summed E-state index contributed by atoms with van der Waals surface area (Å²) in [4.78, 5) is 38.1. The Morgan fingerprint density at radius 2 is 1.97 bits per heavy atom. The summed E-state index contributed by atoms with van der Waals surface area (Å²) in [6.45, 7) is 1.31. The van der Waals surface area contributed by atoms with E-state index in [1.54, 1.807) is 24.3 Å². The minimum Gasteiger partial charge on any atom is -0.427 e. The molecule has 2 heterocycles. The molecular weight excluding hydrogens is 417 g/mol. The molecule has 3 N–H and O–H groups in total. The number of nitrogens with zero attached hydrogens (tertiary/aromatic N) is 4. The molecule has 2 aromatic heterocycles. The van der Waals surface area contributed by atoms with Crippen LogP contribution in [0.15, 0.2) is 36.9 Å². The first-order valence-corrected chi connectivity index (χ1v) is 10.5. The highest BCUT2D eigenvalue weighted by molar-refractivity contribution is 7.52. The predicted octanol–water partition coefficient (Wildman–Crippen LogP) is 1.14. The summed E-state index contributed by atoms with van der Waals surface area (Å²) < 4.78 is 28.5. The number of ether oxygens (including phenoxy) is 2. The fraction of sp³-hybridized carbons (Fsp3) is 0.294. The van der Waals surface area contributed by atoms with Gasteiger partial charge in [-0.2, -0.15) is 4.73 Å². The summed E-state index contributed by atoms with van der Waals surface area (Å²) in [5.74, 6) is 0.179. The monoisotopic (exact) mass is 437 g/mol.